The van der Waals surface area contributed by atoms with Gasteiger partial charge in [-0.25, -0.2) is 4.98 Å². The van der Waals surface area contributed by atoms with Gasteiger partial charge in [0.1, 0.15) is 11.4 Å². The van der Waals surface area contributed by atoms with Crippen LogP contribution >= 0.6 is 0 Å². The van der Waals surface area contributed by atoms with Crippen LogP contribution in [0.15, 0.2) is 29.1 Å². The zero-order valence-electron chi connectivity index (χ0n) is 17.7. The van der Waals surface area contributed by atoms with Crippen molar-refractivity contribution in [1.82, 2.24) is 9.55 Å². The first-order valence-corrected chi connectivity index (χ1v) is 10.5. The lowest BCUT2D eigenvalue weighted by Crippen LogP contribution is -2.41. The molecule has 0 saturated carbocycles. The third kappa shape index (κ3) is 2.70. The molecule has 0 bridgehead atoms. The normalized spacial score (nSPS) is 19.0. The minimum Gasteiger partial charge on any atom is -0.508 e. The molecule has 30 heavy (non-hydrogen) atoms. The largest absolute Gasteiger partial charge is 0.508 e. The van der Waals surface area contributed by atoms with Crippen LogP contribution in [0.1, 0.15) is 56.4 Å². The highest BCUT2D eigenvalue weighted by atomic mass is 16.3. The zero-order valence-corrected chi connectivity index (χ0v) is 17.7. The predicted octanol–water partition coefficient (Wildman–Crippen LogP) is 3.44. The molecule has 0 unspecified atom stereocenters. The van der Waals surface area contributed by atoms with Crippen molar-refractivity contribution in [2.24, 2.45) is 0 Å². The standard InChI is InChI=1S/C22H20N2O4.C2H6/c1-3-12-14-8-11(25)4-6-17(14)23-20-15(12)10-24-18(20)9-16-13(21(24)27)5-7-19(26)22(16,2)28;1-2/h4,6,8-9,25,28H,3,5,7,10H2,1-2H3;1-2H3/t22-;/m0./s1. The van der Waals surface area contributed by atoms with Crippen LogP contribution in [0, 0.1) is 0 Å². The average Bonchev–Trinajstić information content (AvgIpc) is 3.10. The number of rotatable bonds is 1. The van der Waals surface area contributed by atoms with E-state index in [4.69, 9.17) is 4.98 Å². The highest BCUT2D eigenvalue weighted by Crippen LogP contribution is 2.40. The summed E-state index contributed by atoms with van der Waals surface area (Å²) in [4.78, 5) is 30.2. The number of phenolic OH excluding ortho intramolecular Hbond substituents is 1. The second-order valence-corrected chi connectivity index (χ2v) is 7.78. The van der Waals surface area contributed by atoms with Crippen molar-refractivity contribution in [2.75, 3.05) is 0 Å². The molecule has 6 nitrogen and oxygen atoms in total. The SMILES string of the molecule is CC.CCc1c2c(nc3ccc(O)cc13)-c1cc3c(c(=O)n1C2)CCC(=O)[C@@]3(C)O. The molecule has 1 aliphatic heterocycles. The summed E-state index contributed by atoms with van der Waals surface area (Å²) in [5.74, 6) is -0.0829. The van der Waals surface area contributed by atoms with Gasteiger partial charge in [-0.15, -0.1) is 0 Å². The van der Waals surface area contributed by atoms with Crippen LogP contribution < -0.4 is 5.56 Å². The molecule has 156 valence electrons. The van der Waals surface area contributed by atoms with Crippen molar-refractivity contribution in [3.63, 3.8) is 0 Å². The fraction of sp³-hybridized carbons (Fsp3) is 0.375. The van der Waals surface area contributed by atoms with Crippen molar-refractivity contribution in [3.8, 4) is 17.1 Å². The number of aryl methyl sites for hydroxylation is 1. The predicted molar refractivity (Wildman–Crippen MR) is 116 cm³/mol. The van der Waals surface area contributed by atoms with E-state index in [1.807, 2.05) is 20.8 Å². The van der Waals surface area contributed by atoms with Gasteiger partial charge < -0.3 is 14.8 Å². The van der Waals surface area contributed by atoms with Crippen LogP contribution in [-0.4, -0.2) is 25.5 Å². The minimum absolute atomic E-state index is 0.160. The Balaban J connectivity index is 0.00000106. The Morgan fingerprint density at radius 3 is 2.57 bits per heavy atom. The summed E-state index contributed by atoms with van der Waals surface area (Å²) in [6.07, 6.45) is 1.26. The Labute approximate surface area is 174 Å². The smallest absolute Gasteiger partial charge is 0.254 e. The number of benzene rings is 1. The molecule has 0 fully saturated rings. The van der Waals surface area contributed by atoms with Gasteiger partial charge in [-0.2, -0.15) is 0 Å². The molecule has 1 aromatic carbocycles. The molecule has 2 aromatic heterocycles. The summed E-state index contributed by atoms with van der Waals surface area (Å²) in [6.45, 7) is 7.92. The maximum Gasteiger partial charge on any atom is 0.254 e. The summed E-state index contributed by atoms with van der Waals surface area (Å²) in [6, 6.07) is 6.84. The van der Waals surface area contributed by atoms with Gasteiger partial charge in [-0.1, -0.05) is 20.8 Å². The second kappa shape index (κ2) is 7.06. The van der Waals surface area contributed by atoms with Crippen molar-refractivity contribution in [2.45, 2.75) is 59.1 Å². The summed E-state index contributed by atoms with van der Waals surface area (Å²) in [5.41, 5.74) is 3.22. The van der Waals surface area contributed by atoms with E-state index in [1.165, 1.54) is 6.92 Å². The number of aromatic nitrogens is 2. The van der Waals surface area contributed by atoms with Crippen LogP contribution in [-0.2, 0) is 29.8 Å². The summed E-state index contributed by atoms with van der Waals surface area (Å²) < 4.78 is 1.69. The number of carbonyl (C=O) groups excluding carboxylic acids is 1. The van der Waals surface area contributed by atoms with Gasteiger partial charge in [-0.05, 0) is 49.6 Å². The number of nitrogens with zero attached hydrogens (tertiary/aromatic N) is 2. The topological polar surface area (TPSA) is 92.4 Å². The number of aromatic hydroxyl groups is 1. The molecule has 0 radical (unpaired) electrons. The van der Waals surface area contributed by atoms with Gasteiger partial charge >= 0.3 is 0 Å². The Hall–Kier alpha value is -2.99. The number of fused-ring (bicyclic) bond motifs is 5. The van der Waals surface area contributed by atoms with Crippen LogP contribution in [0.4, 0.5) is 0 Å². The van der Waals surface area contributed by atoms with Gasteiger partial charge in [0.2, 0.25) is 0 Å². The molecule has 5 rings (SSSR count). The lowest BCUT2D eigenvalue weighted by atomic mass is 9.79. The second-order valence-electron chi connectivity index (χ2n) is 7.78. The van der Waals surface area contributed by atoms with E-state index in [0.29, 0.717) is 35.5 Å². The highest BCUT2D eigenvalue weighted by molar-refractivity contribution is 5.92. The van der Waals surface area contributed by atoms with Crippen LogP contribution in [0.3, 0.4) is 0 Å². The number of hydrogen-bond acceptors (Lipinski definition) is 5. The van der Waals surface area contributed by atoms with Gasteiger partial charge in [0.25, 0.3) is 5.56 Å². The minimum atomic E-state index is -1.65. The van der Waals surface area contributed by atoms with Crippen LogP contribution in [0.25, 0.3) is 22.3 Å². The quantitative estimate of drug-likeness (QED) is 0.505. The van der Waals surface area contributed by atoms with Gasteiger partial charge in [0.05, 0.1) is 23.4 Å². The fourth-order valence-corrected chi connectivity index (χ4v) is 4.65. The lowest BCUT2D eigenvalue weighted by Gasteiger charge is -2.29. The van der Waals surface area contributed by atoms with Crippen molar-refractivity contribution in [1.29, 1.82) is 0 Å². The number of carbonyl (C=O) groups is 1. The molecule has 3 heterocycles. The first-order valence-electron chi connectivity index (χ1n) is 10.5. The van der Waals surface area contributed by atoms with Gasteiger partial charge in [-0.3, -0.25) is 9.59 Å². The fourth-order valence-electron chi connectivity index (χ4n) is 4.65. The maximum atomic E-state index is 13.2. The van der Waals surface area contributed by atoms with E-state index in [2.05, 4.69) is 0 Å². The number of Topliss-reactive ketones (excluding diaryl/α,β-unsaturated/α-hetero) is 1. The lowest BCUT2D eigenvalue weighted by molar-refractivity contribution is -0.137. The summed E-state index contributed by atoms with van der Waals surface area (Å²) >= 11 is 0. The molecule has 2 N–H and O–H groups in total. The monoisotopic (exact) mass is 406 g/mol. The average molecular weight is 406 g/mol. The van der Waals surface area contributed by atoms with E-state index in [0.717, 1.165) is 28.5 Å². The maximum absolute atomic E-state index is 13.2. The molecule has 3 aromatic rings. The van der Waals surface area contributed by atoms with Gasteiger partial charge in [0, 0.05) is 28.5 Å². The molecule has 1 atom stereocenters. The Bertz CT molecular complexity index is 1250. The molecule has 1 aliphatic carbocycles. The number of pyridine rings is 2. The molecule has 0 saturated heterocycles. The van der Waals surface area contributed by atoms with E-state index < -0.39 is 5.60 Å². The van der Waals surface area contributed by atoms with E-state index in [1.54, 1.807) is 28.8 Å². The molecular weight excluding hydrogens is 380 g/mol. The van der Waals surface area contributed by atoms with Crippen molar-refractivity contribution >= 4 is 16.7 Å². The van der Waals surface area contributed by atoms with Crippen molar-refractivity contribution < 1.29 is 15.0 Å². The third-order valence-corrected chi connectivity index (χ3v) is 6.17. The first-order chi connectivity index (χ1) is 14.3. The first kappa shape index (κ1) is 20.3. The molecule has 0 amide bonds. The molecule has 0 spiro atoms. The van der Waals surface area contributed by atoms with E-state index in [9.17, 15) is 19.8 Å². The molecule has 6 heteroatoms. The zero-order chi connectivity index (χ0) is 21.8. The van der Waals surface area contributed by atoms with Gasteiger partial charge in [0.15, 0.2) is 5.78 Å². The Morgan fingerprint density at radius 2 is 1.87 bits per heavy atom. The summed E-state index contributed by atoms with van der Waals surface area (Å²) in [7, 11) is 0. The number of phenols is 1. The Morgan fingerprint density at radius 1 is 1.13 bits per heavy atom. The van der Waals surface area contributed by atoms with E-state index >= 15 is 0 Å². The number of ketones is 1. The highest BCUT2D eigenvalue weighted by Gasteiger charge is 2.40. The van der Waals surface area contributed by atoms with Crippen molar-refractivity contribution in [3.05, 3.63) is 56.9 Å². The van der Waals surface area contributed by atoms with Crippen LogP contribution in [0.5, 0.6) is 5.75 Å². The molecular formula is C24H26N2O4. The van der Waals surface area contributed by atoms with Crippen LogP contribution in [0.2, 0.25) is 0 Å². The summed E-state index contributed by atoms with van der Waals surface area (Å²) in [5, 5.41) is 21.5. The number of aliphatic hydroxyl groups is 1. The molecule has 2 aliphatic rings. The van der Waals surface area contributed by atoms with E-state index in [-0.39, 0.29) is 23.5 Å². The Kier molecular flexibility index (Phi) is 4.77. The number of hydrogen-bond donors (Lipinski definition) is 2. The third-order valence-electron chi connectivity index (χ3n) is 6.17.